The number of thioether (sulfide) groups is 1. The summed E-state index contributed by atoms with van der Waals surface area (Å²) in [6, 6.07) is 14.7. The van der Waals surface area contributed by atoms with Gasteiger partial charge in [-0.3, -0.25) is 14.2 Å². The molecule has 0 radical (unpaired) electrons. The van der Waals surface area contributed by atoms with Gasteiger partial charge in [-0.15, -0.1) is 0 Å². The Morgan fingerprint density at radius 3 is 2.66 bits per heavy atom. The maximum Gasteiger partial charge on any atom is 0.275 e. The summed E-state index contributed by atoms with van der Waals surface area (Å²) in [5, 5.41) is 6.09. The molecule has 0 spiro atoms. The number of hydrogen-bond donors (Lipinski definition) is 0. The van der Waals surface area contributed by atoms with E-state index >= 15 is 0 Å². The molecule has 0 saturated heterocycles. The van der Waals surface area contributed by atoms with Crippen LogP contribution in [0.15, 0.2) is 63.3 Å². The molecule has 0 aliphatic carbocycles. The summed E-state index contributed by atoms with van der Waals surface area (Å²) in [4.78, 5) is 35.8. The molecule has 32 heavy (non-hydrogen) atoms. The van der Waals surface area contributed by atoms with Crippen molar-refractivity contribution in [2.75, 3.05) is 0 Å². The summed E-state index contributed by atoms with van der Waals surface area (Å²) >= 11 is 2.76. The largest absolute Gasteiger partial charge is 0.275 e. The van der Waals surface area contributed by atoms with Gasteiger partial charge in [0, 0.05) is 11.8 Å². The normalized spacial score (nSPS) is 11.5. The Morgan fingerprint density at radius 2 is 1.81 bits per heavy atom. The van der Waals surface area contributed by atoms with Crippen molar-refractivity contribution >= 4 is 39.0 Å². The number of benzene rings is 2. The van der Waals surface area contributed by atoms with Crippen LogP contribution in [0.4, 0.5) is 0 Å². The molecule has 3 heterocycles. The number of hydrogen-bond acceptors (Lipinski definition) is 7. The molecule has 0 saturated carbocycles. The van der Waals surface area contributed by atoms with Gasteiger partial charge in [0.2, 0.25) is 4.96 Å². The zero-order valence-corrected chi connectivity index (χ0v) is 19.3. The Morgan fingerprint density at radius 1 is 1.00 bits per heavy atom. The van der Waals surface area contributed by atoms with Gasteiger partial charge >= 0.3 is 0 Å². The molecular weight excluding hydrogens is 442 g/mol. The van der Waals surface area contributed by atoms with Crippen LogP contribution in [0.1, 0.15) is 21.8 Å². The van der Waals surface area contributed by atoms with Crippen LogP contribution in [0.5, 0.6) is 0 Å². The van der Waals surface area contributed by atoms with Crippen LogP contribution < -0.4 is 11.1 Å². The highest BCUT2D eigenvalue weighted by Crippen LogP contribution is 2.26. The van der Waals surface area contributed by atoms with Crippen molar-refractivity contribution in [1.29, 1.82) is 0 Å². The Balaban J connectivity index is 1.64. The van der Waals surface area contributed by atoms with E-state index in [4.69, 9.17) is 4.98 Å². The van der Waals surface area contributed by atoms with E-state index < -0.39 is 0 Å². The van der Waals surface area contributed by atoms with Crippen molar-refractivity contribution in [3.05, 3.63) is 91.1 Å². The molecule has 0 bridgehead atoms. The third-order valence-electron chi connectivity index (χ3n) is 5.31. The number of nitrogens with zero attached hydrogens (tertiary/aromatic N) is 5. The summed E-state index contributed by atoms with van der Waals surface area (Å²) < 4.78 is 2.98. The number of fused-ring (bicyclic) bond motifs is 2. The number of aromatic nitrogens is 5. The minimum absolute atomic E-state index is 0.117. The van der Waals surface area contributed by atoms with Crippen LogP contribution >= 0.6 is 23.1 Å². The smallest absolute Gasteiger partial charge is 0.268 e. The van der Waals surface area contributed by atoms with Crippen LogP contribution in [0.3, 0.4) is 0 Å². The molecule has 0 amide bonds. The fraction of sp³-hybridized carbons (Fsp3) is 0.174. The fourth-order valence-corrected chi connectivity index (χ4v) is 5.23. The van der Waals surface area contributed by atoms with E-state index in [0.717, 1.165) is 21.8 Å². The average molecular weight is 462 g/mol. The summed E-state index contributed by atoms with van der Waals surface area (Å²) in [7, 11) is 0. The van der Waals surface area contributed by atoms with E-state index in [2.05, 4.69) is 10.1 Å². The summed E-state index contributed by atoms with van der Waals surface area (Å²) in [6.45, 7) is 5.87. The van der Waals surface area contributed by atoms with Crippen molar-refractivity contribution < 1.29 is 0 Å². The first-order chi connectivity index (χ1) is 15.4. The van der Waals surface area contributed by atoms with Gasteiger partial charge in [-0.05, 0) is 50.1 Å². The third kappa shape index (κ3) is 3.53. The second-order valence-electron chi connectivity index (χ2n) is 7.46. The molecule has 2 aromatic carbocycles. The number of rotatable bonds is 4. The maximum absolute atomic E-state index is 13.5. The quantitative estimate of drug-likeness (QED) is 0.296. The zero-order chi connectivity index (χ0) is 22.4. The molecule has 9 heteroatoms. The first-order valence-electron chi connectivity index (χ1n) is 10.00. The van der Waals surface area contributed by atoms with Crippen molar-refractivity contribution in [1.82, 2.24) is 24.1 Å². The van der Waals surface area contributed by atoms with Crippen molar-refractivity contribution in [2.45, 2.75) is 31.7 Å². The molecule has 7 nitrogen and oxygen atoms in total. The first kappa shape index (κ1) is 20.6. The van der Waals surface area contributed by atoms with Crippen molar-refractivity contribution in [3.63, 3.8) is 0 Å². The minimum atomic E-state index is -0.215. The molecular formula is C23H19N5O2S2. The van der Waals surface area contributed by atoms with E-state index in [9.17, 15) is 9.59 Å². The molecule has 0 aliphatic heterocycles. The van der Waals surface area contributed by atoms with Crippen LogP contribution in [0.2, 0.25) is 0 Å². The number of aryl methyl sites for hydroxylation is 2. The highest BCUT2D eigenvalue weighted by atomic mass is 32.2. The van der Waals surface area contributed by atoms with Gasteiger partial charge in [0.15, 0.2) is 5.16 Å². The Kier molecular flexibility index (Phi) is 5.15. The van der Waals surface area contributed by atoms with Crippen LogP contribution in [-0.4, -0.2) is 24.1 Å². The third-order valence-corrected chi connectivity index (χ3v) is 7.11. The molecule has 0 unspecified atom stereocenters. The lowest BCUT2D eigenvalue weighted by Crippen LogP contribution is -2.23. The van der Waals surface area contributed by atoms with Gasteiger partial charge in [-0.1, -0.05) is 47.4 Å². The Hall–Kier alpha value is -3.30. The van der Waals surface area contributed by atoms with E-state index in [-0.39, 0.29) is 11.1 Å². The topological polar surface area (TPSA) is 82.2 Å². The van der Waals surface area contributed by atoms with Crippen LogP contribution in [-0.2, 0) is 5.75 Å². The lowest BCUT2D eigenvalue weighted by atomic mass is 10.1. The molecule has 5 aromatic rings. The molecule has 160 valence electrons. The molecule has 5 rings (SSSR count). The lowest BCUT2D eigenvalue weighted by Gasteiger charge is -2.16. The molecule has 3 aromatic heterocycles. The highest BCUT2D eigenvalue weighted by Gasteiger charge is 2.16. The average Bonchev–Trinajstić information content (AvgIpc) is 3.16. The van der Waals surface area contributed by atoms with E-state index in [1.807, 2.05) is 57.2 Å². The van der Waals surface area contributed by atoms with E-state index in [0.29, 0.717) is 32.5 Å². The fourth-order valence-electron chi connectivity index (χ4n) is 3.56. The van der Waals surface area contributed by atoms with Gasteiger partial charge in [0.25, 0.3) is 11.1 Å². The van der Waals surface area contributed by atoms with Crippen molar-refractivity contribution in [3.8, 4) is 5.69 Å². The van der Waals surface area contributed by atoms with Gasteiger partial charge in [-0.2, -0.15) is 9.61 Å². The summed E-state index contributed by atoms with van der Waals surface area (Å²) in [5.74, 6) is 0.401. The van der Waals surface area contributed by atoms with Crippen LogP contribution in [0.25, 0.3) is 21.6 Å². The summed E-state index contributed by atoms with van der Waals surface area (Å²) in [6.07, 6.45) is 0. The molecule has 0 aliphatic rings. The molecule has 0 fully saturated rings. The monoisotopic (exact) mass is 461 g/mol. The van der Waals surface area contributed by atoms with Gasteiger partial charge < -0.3 is 0 Å². The lowest BCUT2D eigenvalue weighted by molar-refractivity contribution is 0.812. The van der Waals surface area contributed by atoms with Gasteiger partial charge in [0.05, 0.1) is 22.3 Å². The number of para-hydroxylation sites is 1. The predicted octanol–water partition coefficient (Wildman–Crippen LogP) is 4.07. The Labute approximate surface area is 191 Å². The summed E-state index contributed by atoms with van der Waals surface area (Å²) in [5.41, 5.74) is 3.85. The van der Waals surface area contributed by atoms with E-state index in [1.165, 1.54) is 33.7 Å². The molecule has 0 N–H and O–H groups in total. The Bertz CT molecular complexity index is 1620. The first-order valence-corrected chi connectivity index (χ1v) is 11.8. The SMILES string of the molecule is Cc1nn2c(=O)cc(CSc3nc4ccccc4c(=O)n3-c3cccc(C)c3C)nc2s1. The van der Waals surface area contributed by atoms with Crippen molar-refractivity contribution in [2.24, 2.45) is 0 Å². The minimum Gasteiger partial charge on any atom is -0.268 e. The second-order valence-corrected chi connectivity index (χ2v) is 9.56. The van der Waals surface area contributed by atoms with Crippen LogP contribution in [0, 0.1) is 20.8 Å². The van der Waals surface area contributed by atoms with E-state index in [1.54, 1.807) is 10.6 Å². The maximum atomic E-state index is 13.5. The highest BCUT2D eigenvalue weighted by molar-refractivity contribution is 7.98. The zero-order valence-electron chi connectivity index (χ0n) is 17.7. The van der Waals surface area contributed by atoms with Gasteiger partial charge in [-0.25, -0.2) is 9.97 Å². The second kappa shape index (κ2) is 7.99. The predicted molar refractivity (Wildman–Crippen MR) is 128 cm³/mol. The standard InChI is InChI=1S/C23H19N5O2S2/c1-13-7-6-10-19(14(13)2)27-21(30)17-8-4-5-9-18(17)25-22(27)31-12-16-11-20(29)28-23(24-16)32-15(3)26-28/h4-11H,12H2,1-3H3. The van der Waals surface area contributed by atoms with Gasteiger partial charge in [0.1, 0.15) is 5.01 Å². The molecule has 0 atom stereocenters.